The number of carbonyl (C=O) groups is 1. The molecule has 4 heteroatoms. The lowest BCUT2D eigenvalue weighted by atomic mass is 9.93. The minimum absolute atomic E-state index is 0.0695. The van der Waals surface area contributed by atoms with Crippen molar-refractivity contribution in [1.29, 1.82) is 0 Å². The van der Waals surface area contributed by atoms with E-state index in [1.54, 1.807) is 12.1 Å². The van der Waals surface area contributed by atoms with Gasteiger partial charge in [-0.15, -0.1) is 0 Å². The fraction of sp³-hybridized carbons (Fsp3) is 0.533. The molecule has 1 aromatic rings. The zero-order valence-electron chi connectivity index (χ0n) is 11.2. The molecule has 1 fully saturated rings. The molecule has 0 heterocycles. The van der Waals surface area contributed by atoms with Crippen LogP contribution in [0.5, 0.6) is 0 Å². The van der Waals surface area contributed by atoms with Crippen molar-refractivity contribution in [3.8, 4) is 0 Å². The maximum absolute atomic E-state index is 12.3. The monoisotopic (exact) mass is 343 g/mol. The summed E-state index contributed by atoms with van der Waals surface area (Å²) in [6.07, 6.45) is 3.46. The van der Waals surface area contributed by atoms with Crippen molar-refractivity contribution >= 4 is 33.4 Å². The Morgan fingerprint density at radius 2 is 2.21 bits per heavy atom. The maximum atomic E-state index is 12.3. The Morgan fingerprint density at radius 3 is 2.84 bits per heavy atom. The molecule has 3 atom stereocenters. The van der Waals surface area contributed by atoms with Gasteiger partial charge in [-0.25, -0.2) is 0 Å². The van der Waals surface area contributed by atoms with Crippen LogP contribution < -0.4 is 5.32 Å². The molecule has 19 heavy (non-hydrogen) atoms. The van der Waals surface area contributed by atoms with Crippen LogP contribution in [0.25, 0.3) is 0 Å². The van der Waals surface area contributed by atoms with E-state index in [9.17, 15) is 4.79 Å². The Labute approximate surface area is 128 Å². The van der Waals surface area contributed by atoms with E-state index in [1.807, 2.05) is 6.07 Å². The summed E-state index contributed by atoms with van der Waals surface area (Å²) >= 11 is 9.46. The van der Waals surface area contributed by atoms with E-state index < -0.39 is 0 Å². The van der Waals surface area contributed by atoms with E-state index in [1.165, 1.54) is 12.8 Å². The third-order valence-corrected chi connectivity index (χ3v) is 5.06. The SMILES string of the molecule is CCC1CCC(NC(=O)c2cc(Br)ccc2Cl)C1C. The molecule has 1 amide bonds. The summed E-state index contributed by atoms with van der Waals surface area (Å²) in [5.74, 6) is 1.20. The molecule has 1 N–H and O–H groups in total. The van der Waals surface area contributed by atoms with Crippen molar-refractivity contribution in [1.82, 2.24) is 5.32 Å². The smallest absolute Gasteiger partial charge is 0.253 e. The van der Waals surface area contributed by atoms with E-state index in [4.69, 9.17) is 11.6 Å². The zero-order valence-corrected chi connectivity index (χ0v) is 13.6. The lowest BCUT2D eigenvalue weighted by Gasteiger charge is -2.21. The Morgan fingerprint density at radius 1 is 1.47 bits per heavy atom. The molecular formula is C15H19BrClNO. The maximum Gasteiger partial charge on any atom is 0.253 e. The number of amides is 1. The second-order valence-electron chi connectivity index (χ2n) is 5.31. The van der Waals surface area contributed by atoms with Gasteiger partial charge in [0.1, 0.15) is 0 Å². The first-order valence-corrected chi connectivity index (χ1v) is 7.96. The van der Waals surface area contributed by atoms with Crippen LogP contribution in [0, 0.1) is 11.8 Å². The summed E-state index contributed by atoms with van der Waals surface area (Å²) in [7, 11) is 0. The molecule has 1 aliphatic rings. The van der Waals surface area contributed by atoms with Crippen molar-refractivity contribution < 1.29 is 4.79 Å². The summed E-state index contributed by atoms with van der Waals surface area (Å²) in [4.78, 5) is 12.3. The first kappa shape index (κ1) is 14.9. The van der Waals surface area contributed by atoms with Crippen LogP contribution >= 0.6 is 27.5 Å². The highest BCUT2D eigenvalue weighted by molar-refractivity contribution is 9.10. The van der Waals surface area contributed by atoms with E-state index in [0.717, 1.165) is 16.8 Å². The van der Waals surface area contributed by atoms with Gasteiger partial charge in [0.05, 0.1) is 10.6 Å². The Bertz CT molecular complexity index is 477. The van der Waals surface area contributed by atoms with Gasteiger partial charge < -0.3 is 5.32 Å². The molecule has 1 aromatic carbocycles. The third-order valence-electron chi connectivity index (χ3n) is 4.24. The molecular weight excluding hydrogens is 326 g/mol. The molecule has 0 radical (unpaired) electrons. The van der Waals surface area contributed by atoms with Crippen molar-refractivity contribution in [2.24, 2.45) is 11.8 Å². The average Bonchev–Trinajstić information content (AvgIpc) is 2.73. The van der Waals surface area contributed by atoms with Crippen LogP contribution in [0.4, 0.5) is 0 Å². The third kappa shape index (κ3) is 3.32. The van der Waals surface area contributed by atoms with Crippen LogP contribution in [0.2, 0.25) is 5.02 Å². The molecule has 0 bridgehead atoms. The first-order chi connectivity index (χ1) is 9.02. The van der Waals surface area contributed by atoms with Gasteiger partial charge in [0.15, 0.2) is 0 Å². The van der Waals surface area contributed by atoms with Crippen molar-refractivity contribution in [2.45, 2.75) is 39.2 Å². The number of rotatable bonds is 3. The highest BCUT2D eigenvalue weighted by Gasteiger charge is 2.32. The molecule has 0 aromatic heterocycles. The second-order valence-corrected chi connectivity index (χ2v) is 6.63. The van der Waals surface area contributed by atoms with E-state index in [2.05, 4.69) is 35.1 Å². The summed E-state index contributed by atoms with van der Waals surface area (Å²) in [5, 5.41) is 3.63. The number of hydrogen-bond donors (Lipinski definition) is 1. The molecule has 2 nitrogen and oxygen atoms in total. The van der Waals surface area contributed by atoms with Crippen molar-refractivity contribution in [3.05, 3.63) is 33.3 Å². The van der Waals surface area contributed by atoms with Gasteiger partial charge in [-0.05, 0) is 42.9 Å². The standard InChI is InChI=1S/C15H19BrClNO/c1-3-10-4-7-14(9(10)2)18-15(19)12-8-11(16)5-6-13(12)17/h5-6,8-10,14H,3-4,7H2,1-2H3,(H,18,19). The van der Waals surface area contributed by atoms with Crippen LogP contribution in [-0.2, 0) is 0 Å². The highest BCUT2D eigenvalue weighted by atomic mass is 79.9. The fourth-order valence-corrected chi connectivity index (χ4v) is 3.51. The van der Waals surface area contributed by atoms with Gasteiger partial charge in [0.25, 0.3) is 5.91 Å². The highest BCUT2D eigenvalue weighted by Crippen LogP contribution is 2.34. The molecule has 104 valence electrons. The van der Waals surface area contributed by atoms with Gasteiger partial charge in [0, 0.05) is 10.5 Å². The normalized spacial score (nSPS) is 26.4. The van der Waals surface area contributed by atoms with Gasteiger partial charge in [-0.1, -0.05) is 47.8 Å². The molecule has 0 spiro atoms. The molecule has 1 aliphatic carbocycles. The predicted molar refractivity (Wildman–Crippen MR) is 82.6 cm³/mol. The summed E-state index contributed by atoms with van der Waals surface area (Å²) < 4.78 is 0.868. The fourth-order valence-electron chi connectivity index (χ4n) is 2.95. The van der Waals surface area contributed by atoms with Crippen LogP contribution in [0.3, 0.4) is 0 Å². The van der Waals surface area contributed by atoms with Crippen LogP contribution in [-0.4, -0.2) is 11.9 Å². The first-order valence-electron chi connectivity index (χ1n) is 6.78. The number of carbonyl (C=O) groups excluding carboxylic acids is 1. The summed E-state index contributed by atoms with van der Waals surface area (Å²) in [6.45, 7) is 4.45. The zero-order chi connectivity index (χ0) is 14.0. The number of nitrogens with one attached hydrogen (secondary N) is 1. The minimum Gasteiger partial charge on any atom is -0.349 e. The minimum atomic E-state index is -0.0695. The van der Waals surface area contributed by atoms with E-state index >= 15 is 0 Å². The molecule has 2 rings (SSSR count). The van der Waals surface area contributed by atoms with Crippen LogP contribution in [0.1, 0.15) is 43.5 Å². The lowest BCUT2D eigenvalue weighted by Crippen LogP contribution is -2.37. The Kier molecular flexibility index (Phi) is 4.91. The largest absolute Gasteiger partial charge is 0.349 e. The second kappa shape index (κ2) is 6.27. The average molecular weight is 345 g/mol. The van der Waals surface area contributed by atoms with Crippen molar-refractivity contribution in [2.75, 3.05) is 0 Å². The van der Waals surface area contributed by atoms with Gasteiger partial charge >= 0.3 is 0 Å². The number of halogens is 2. The molecule has 3 unspecified atom stereocenters. The van der Waals surface area contributed by atoms with Gasteiger partial charge in [-0.3, -0.25) is 4.79 Å². The molecule has 0 aliphatic heterocycles. The summed E-state index contributed by atoms with van der Waals surface area (Å²) in [6, 6.07) is 5.62. The van der Waals surface area contributed by atoms with Gasteiger partial charge in [0.2, 0.25) is 0 Å². The Balaban J connectivity index is 2.07. The van der Waals surface area contributed by atoms with E-state index in [-0.39, 0.29) is 11.9 Å². The number of benzene rings is 1. The quantitative estimate of drug-likeness (QED) is 0.849. The topological polar surface area (TPSA) is 29.1 Å². The van der Waals surface area contributed by atoms with Crippen LogP contribution in [0.15, 0.2) is 22.7 Å². The lowest BCUT2D eigenvalue weighted by molar-refractivity contribution is 0.0926. The van der Waals surface area contributed by atoms with Gasteiger partial charge in [-0.2, -0.15) is 0 Å². The predicted octanol–water partition coefficient (Wildman–Crippen LogP) is 4.66. The summed E-state index contributed by atoms with van der Waals surface area (Å²) in [5.41, 5.74) is 0.545. The Hall–Kier alpha value is -0.540. The molecule has 0 saturated heterocycles. The number of hydrogen-bond acceptors (Lipinski definition) is 1. The molecule has 1 saturated carbocycles. The van der Waals surface area contributed by atoms with Crippen molar-refractivity contribution in [3.63, 3.8) is 0 Å². The van der Waals surface area contributed by atoms with E-state index in [0.29, 0.717) is 16.5 Å².